The number of aliphatic hydroxyl groups excluding tert-OH is 1. The van der Waals surface area contributed by atoms with Gasteiger partial charge in [-0.1, -0.05) is 50.2 Å². The van der Waals surface area contributed by atoms with Gasteiger partial charge in [0.25, 0.3) is 0 Å². The van der Waals surface area contributed by atoms with Crippen molar-refractivity contribution in [3.8, 4) is 11.5 Å². The topological polar surface area (TPSA) is 32.7 Å². The molecule has 0 aliphatic heterocycles. The van der Waals surface area contributed by atoms with E-state index in [-0.39, 0.29) is 22.9 Å². The highest BCUT2D eigenvalue weighted by atomic mass is 19.4. The lowest BCUT2D eigenvalue weighted by Crippen LogP contribution is -2.50. The molecule has 0 aliphatic carbocycles. The summed E-state index contributed by atoms with van der Waals surface area (Å²) in [5.74, 6) is -11.3. The lowest BCUT2D eigenvalue weighted by molar-refractivity contribution is -0.359. The van der Waals surface area contributed by atoms with E-state index in [1.165, 1.54) is 24.3 Å². The quantitative estimate of drug-likeness (QED) is 0.237. The normalized spacial score (nSPS) is 13.8. The fraction of sp³-hybridized carbons (Fsp3) is 0.357. The first-order valence-corrected chi connectivity index (χ1v) is 12.1. The largest absolute Gasteiger partial charge is 0.460 e. The molecule has 0 aliphatic rings. The summed E-state index contributed by atoms with van der Waals surface area (Å²) in [6.45, 7) is 2.13. The SMILES string of the molecule is CC(C)c1cccc(Oc2cccc(N(Cc3cccc(C(F)(F)C(F)(F)C(F)(F)F)c3)CC(O)C(F)(F)F)c2)c1. The van der Waals surface area contributed by atoms with Gasteiger partial charge >= 0.3 is 24.2 Å². The minimum Gasteiger partial charge on any atom is -0.457 e. The molecule has 0 aromatic heterocycles. The Hall–Kier alpha value is -3.48. The van der Waals surface area contributed by atoms with E-state index >= 15 is 0 Å². The Kier molecular flexibility index (Phi) is 9.21. The molecule has 1 unspecified atom stereocenters. The van der Waals surface area contributed by atoms with Gasteiger partial charge in [0, 0.05) is 23.9 Å². The maximum absolute atomic E-state index is 14.3. The van der Waals surface area contributed by atoms with Crippen LogP contribution in [0.3, 0.4) is 0 Å². The van der Waals surface area contributed by atoms with Crippen LogP contribution in [0.2, 0.25) is 0 Å². The molecule has 0 bridgehead atoms. The van der Waals surface area contributed by atoms with Crippen molar-refractivity contribution in [2.45, 2.75) is 56.6 Å². The molecule has 0 amide bonds. The third-order valence-electron chi connectivity index (χ3n) is 6.13. The molecule has 0 heterocycles. The van der Waals surface area contributed by atoms with E-state index in [4.69, 9.17) is 4.74 Å². The number of anilines is 1. The average molecular weight is 597 g/mol. The monoisotopic (exact) mass is 597 g/mol. The number of rotatable bonds is 10. The molecule has 1 N–H and O–H groups in total. The molecule has 3 nitrogen and oxygen atoms in total. The number of halogens is 10. The lowest BCUT2D eigenvalue weighted by Gasteiger charge is -2.30. The molecule has 13 heteroatoms. The standard InChI is InChI=1S/C28H25F10NO2/c1-17(2)19-7-4-10-22(13-19)41-23-11-5-9-21(14-23)39(16-24(40)26(31,32)33)15-18-6-3-8-20(12-18)25(29,30)27(34,35)28(36,37)38/h3-14,17,24,40H,15-16H2,1-2H3. The Morgan fingerprint density at radius 3 is 1.93 bits per heavy atom. The lowest BCUT2D eigenvalue weighted by atomic mass is 9.99. The van der Waals surface area contributed by atoms with E-state index in [0.29, 0.717) is 17.9 Å². The Morgan fingerprint density at radius 1 is 0.756 bits per heavy atom. The third-order valence-corrected chi connectivity index (χ3v) is 6.13. The summed E-state index contributed by atoms with van der Waals surface area (Å²) >= 11 is 0. The second-order valence-electron chi connectivity index (χ2n) is 9.61. The van der Waals surface area contributed by atoms with Gasteiger partial charge in [-0.05, 0) is 47.4 Å². The third kappa shape index (κ3) is 7.43. The van der Waals surface area contributed by atoms with Crippen LogP contribution < -0.4 is 9.64 Å². The van der Waals surface area contributed by atoms with E-state index in [1.54, 1.807) is 18.2 Å². The molecular formula is C28H25F10NO2. The molecule has 41 heavy (non-hydrogen) atoms. The van der Waals surface area contributed by atoms with Crippen LogP contribution in [0, 0.1) is 0 Å². The summed E-state index contributed by atoms with van der Waals surface area (Å²) in [4.78, 5) is 0.911. The number of aliphatic hydroxyl groups is 1. The first-order valence-electron chi connectivity index (χ1n) is 12.1. The summed E-state index contributed by atoms with van der Waals surface area (Å²) in [6.07, 6.45) is -14.5. The van der Waals surface area contributed by atoms with Crippen molar-refractivity contribution in [2.75, 3.05) is 11.4 Å². The van der Waals surface area contributed by atoms with Crippen LogP contribution in [-0.4, -0.2) is 36.0 Å². The van der Waals surface area contributed by atoms with Crippen molar-refractivity contribution in [1.82, 2.24) is 0 Å². The Morgan fingerprint density at radius 2 is 1.34 bits per heavy atom. The molecule has 0 saturated heterocycles. The number of nitrogens with zero attached hydrogens (tertiary/aromatic N) is 1. The van der Waals surface area contributed by atoms with Crippen molar-refractivity contribution >= 4 is 5.69 Å². The van der Waals surface area contributed by atoms with Gasteiger partial charge < -0.3 is 14.7 Å². The molecule has 0 fully saturated rings. The number of hydrogen-bond donors (Lipinski definition) is 1. The Bertz CT molecular complexity index is 1320. The summed E-state index contributed by atoms with van der Waals surface area (Å²) < 4.78 is 139. The molecular weight excluding hydrogens is 572 g/mol. The maximum Gasteiger partial charge on any atom is 0.460 e. The smallest absolute Gasteiger partial charge is 0.457 e. The van der Waals surface area contributed by atoms with Crippen molar-refractivity contribution < 1.29 is 53.7 Å². The molecule has 3 rings (SSSR count). The summed E-state index contributed by atoms with van der Waals surface area (Å²) in [5.41, 5.74) is -1.04. The highest BCUT2D eigenvalue weighted by Crippen LogP contribution is 2.51. The van der Waals surface area contributed by atoms with Crippen LogP contribution in [0.1, 0.15) is 36.5 Å². The summed E-state index contributed by atoms with van der Waals surface area (Å²) in [5, 5.41) is 9.72. The van der Waals surface area contributed by atoms with Gasteiger partial charge in [0.05, 0.1) is 6.54 Å². The molecule has 224 valence electrons. The van der Waals surface area contributed by atoms with E-state index < -0.39 is 49.0 Å². The Balaban J connectivity index is 1.97. The number of ether oxygens (including phenoxy) is 1. The van der Waals surface area contributed by atoms with Crippen LogP contribution in [0.5, 0.6) is 11.5 Å². The molecule has 3 aromatic rings. The van der Waals surface area contributed by atoms with Crippen molar-refractivity contribution in [3.63, 3.8) is 0 Å². The van der Waals surface area contributed by atoms with Crippen LogP contribution in [-0.2, 0) is 12.5 Å². The highest BCUT2D eigenvalue weighted by Gasteiger charge is 2.73. The van der Waals surface area contributed by atoms with Gasteiger partial charge in [-0.25, -0.2) is 0 Å². The average Bonchev–Trinajstić information content (AvgIpc) is 2.87. The van der Waals surface area contributed by atoms with E-state index in [9.17, 15) is 49.0 Å². The first kappa shape index (κ1) is 32.0. The number of alkyl halides is 10. The molecule has 1 atom stereocenters. The van der Waals surface area contributed by atoms with Gasteiger partial charge in [-0.3, -0.25) is 0 Å². The number of hydrogen-bond acceptors (Lipinski definition) is 3. The minimum absolute atomic E-state index is 0.0172. The van der Waals surface area contributed by atoms with E-state index in [0.717, 1.165) is 22.6 Å². The fourth-order valence-electron chi connectivity index (χ4n) is 3.84. The van der Waals surface area contributed by atoms with Crippen molar-refractivity contribution in [2.24, 2.45) is 0 Å². The predicted molar refractivity (Wildman–Crippen MR) is 131 cm³/mol. The predicted octanol–water partition coefficient (Wildman–Crippen LogP) is 8.82. The van der Waals surface area contributed by atoms with Gasteiger partial charge in [0.2, 0.25) is 0 Å². The zero-order valence-electron chi connectivity index (χ0n) is 21.6. The van der Waals surface area contributed by atoms with Crippen LogP contribution in [0.15, 0.2) is 72.8 Å². The van der Waals surface area contributed by atoms with Gasteiger partial charge in [0.15, 0.2) is 6.10 Å². The van der Waals surface area contributed by atoms with Gasteiger partial charge in [-0.15, -0.1) is 0 Å². The van der Waals surface area contributed by atoms with Gasteiger partial charge in [0.1, 0.15) is 11.5 Å². The maximum atomic E-state index is 14.3. The zero-order valence-corrected chi connectivity index (χ0v) is 21.6. The minimum atomic E-state index is -6.56. The summed E-state index contributed by atoms with van der Waals surface area (Å²) in [6, 6.07) is 15.1. The van der Waals surface area contributed by atoms with E-state index in [2.05, 4.69) is 0 Å². The highest BCUT2D eigenvalue weighted by molar-refractivity contribution is 5.52. The van der Waals surface area contributed by atoms with Crippen molar-refractivity contribution in [3.05, 3.63) is 89.5 Å². The molecule has 3 aromatic carbocycles. The second kappa shape index (κ2) is 11.8. The molecule has 0 saturated carbocycles. The van der Waals surface area contributed by atoms with Crippen molar-refractivity contribution in [1.29, 1.82) is 0 Å². The first-order chi connectivity index (χ1) is 18.8. The molecule has 0 radical (unpaired) electrons. The fourth-order valence-corrected chi connectivity index (χ4v) is 3.84. The van der Waals surface area contributed by atoms with Crippen LogP contribution in [0.25, 0.3) is 0 Å². The van der Waals surface area contributed by atoms with Crippen LogP contribution in [0.4, 0.5) is 49.6 Å². The molecule has 0 spiro atoms. The summed E-state index contributed by atoms with van der Waals surface area (Å²) in [7, 11) is 0. The number of benzene rings is 3. The second-order valence-corrected chi connectivity index (χ2v) is 9.61. The van der Waals surface area contributed by atoms with E-state index in [1.807, 2.05) is 19.9 Å². The Labute approximate surface area is 229 Å². The van der Waals surface area contributed by atoms with Crippen LogP contribution >= 0.6 is 0 Å². The van der Waals surface area contributed by atoms with Gasteiger partial charge in [-0.2, -0.15) is 43.9 Å². The zero-order chi connectivity index (χ0) is 30.8.